The minimum atomic E-state index is -0.977. The molecule has 0 bridgehead atoms. The summed E-state index contributed by atoms with van der Waals surface area (Å²) in [4.78, 5) is 16.2. The Bertz CT molecular complexity index is 689. The van der Waals surface area contributed by atoms with Crippen molar-refractivity contribution in [3.8, 4) is 16.3 Å². The van der Waals surface area contributed by atoms with E-state index in [0.717, 1.165) is 11.3 Å². The average molecular weight is 326 g/mol. The Morgan fingerprint density at radius 1 is 1.38 bits per heavy atom. The molecule has 0 saturated heterocycles. The summed E-state index contributed by atoms with van der Waals surface area (Å²) in [6.07, 6.45) is 0. The van der Waals surface area contributed by atoms with Crippen LogP contribution in [0.4, 0.5) is 0 Å². The predicted molar refractivity (Wildman–Crippen MR) is 84.8 cm³/mol. The molecule has 0 aliphatic carbocycles. The van der Waals surface area contributed by atoms with Crippen molar-refractivity contribution < 1.29 is 14.6 Å². The fourth-order valence-corrected chi connectivity index (χ4v) is 3.45. The van der Waals surface area contributed by atoms with Crippen LogP contribution in [0.25, 0.3) is 10.6 Å². The van der Waals surface area contributed by atoms with Gasteiger partial charge in [-0.15, -0.1) is 11.3 Å². The molecule has 1 aromatic heterocycles. The molecule has 0 saturated carbocycles. The molecule has 0 atom stereocenters. The van der Waals surface area contributed by atoms with Gasteiger partial charge in [0.15, 0.2) is 0 Å². The standard InChI is InChI=1S/C15H16ClNO3S/c1-15(2,3)12-11(14(18)19)21-13(17-12)10-8(16)6-5-7-9(10)20-4/h5-7H,1-4H3,(H,18,19). The molecule has 2 rings (SSSR count). The van der Waals surface area contributed by atoms with Crippen molar-refractivity contribution in [2.24, 2.45) is 0 Å². The molecule has 1 aromatic carbocycles. The van der Waals surface area contributed by atoms with E-state index in [1.807, 2.05) is 20.8 Å². The molecule has 0 unspecified atom stereocenters. The maximum absolute atomic E-state index is 11.5. The van der Waals surface area contributed by atoms with Gasteiger partial charge in [0.1, 0.15) is 15.6 Å². The van der Waals surface area contributed by atoms with Gasteiger partial charge in [-0.2, -0.15) is 0 Å². The quantitative estimate of drug-likeness (QED) is 0.904. The molecule has 0 spiro atoms. The van der Waals surface area contributed by atoms with E-state index in [2.05, 4.69) is 4.98 Å². The van der Waals surface area contributed by atoms with Crippen LogP contribution in [-0.4, -0.2) is 23.2 Å². The molecule has 4 nitrogen and oxygen atoms in total. The minimum absolute atomic E-state index is 0.236. The molecule has 1 heterocycles. The van der Waals surface area contributed by atoms with Gasteiger partial charge in [0.25, 0.3) is 0 Å². The third kappa shape index (κ3) is 3.04. The number of halogens is 1. The molecule has 1 N–H and O–H groups in total. The van der Waals surface area contributed by atoms with Gasteiger partial charge in [-0.25, -0.2) is 9.78 Å². The summed E-state index contributed by atoms with van der Waals surface area (Å²) in [6, 6.07) is 5.29. The zero-order chi connectivity index (χ0) is 15.8. The highest BCUT2D eigenvalue weighted by Crippen LogP contribution is 2.41. The first-order valence-electron chi connectivity index (χ1n) is 6.33. The van der Waals surface area contributed by atoms with Crippen molar-refractivity contribution >= 4 is 28.9 Å². The number of methoxy groups -OCH3 is 1. The average Bonchev–Trinajstić information content (AvgIpc) is 2.83. The molecule has 0 amide bonds. The molecule has 6 heteroatoms. The maximum atomic E-state index is 11.5. The highest BCUT2D eigenvalue weighted by molar-refractivity contribution is 7.17. The van der Waals surface area contributed by atoms with Crippen LogP contribution in [0.15, 0.2) is 18.2 Å². The van der Waals surface area contributed by atoms with Gasteiger partial charge in [-0.05, 0) is 12.1 Å². The van der Waals surface area contributed by atoms with Gasteiger partial charge in [0, 0.05) is 5.41 Å². The number of carbonyl (C=O) groups is 1. The topological polar surface area (TPSA) is 59.4 Å². The second kappa shape index (κ2) is 5.66. The van der Waals surface area contributed by atoms with E-state index in [1.165, 1.54) is 0 Å². The van der Waals surface area contributed by atoms with Crippen LogP contribution in [0.1, 0.15) is 36.1 Å². The molecule has 0 aliphatic rings. The Kier molecular flexibility index (Phi) is 4.25. The third-order valence-electron chi connectivity index (χ3n) is 2.94. The van der Waals surface area contributed by atoms with E-state index in [0.29, 0.717) is 27.0 Å². The van der Waals surface area contributed by atoms with Crippen LogP contribution in [0.5, 0.6) is 5.75 Å². The number of carboxylic acid groups (broad SMARTS) is 1. The maximum Gasteiger partial charge on any atom is 0.347 e. The number of benzene rings is 1. The Morgan fingerprint density at radius 3 is 2.52 bits per heavy atom. The van der Waals surface area contributed by atoms with Gasteiger partial charge in [-0.3, -0.25) is 0 Å². The molecule has 0 aliphatic heterocycles. The van der Waals surface area contributed by atoms with Crippen molar-refractivity contribution in [2.45, 2.75) is 26.2 Å². The summed E-state index contributed by atoms with van der Waals surface area (Å²) in [6.45, 7) is 5.80. The van der Waals surface area contributed by atoms with Crippen molar-refractivity contribution in [3.63, 3.8) is 0 Å². The lowest BCUT2D eigenvalue weighted by molar-refractivity contribution is 0.0699. The predicted octanol–water partition coefficient (Wildman–Crippen LogP) is 4.47. The smallest absolute Gasteiger partial charge is 0.347 e. The second-order valence-corrected chi connectivity index (χ2v) is 6.98. The van der Waals surface area contributed by atoms with Crippen LogP contribution >= 0.6 is 22.9 Å². The molecular weight excluding hydrogens is 310 g/mol. The molecule has 21 heavy (non-hydrogen) atoms. The third-order valence-corrected chi connectivity index (χ3v) is 4.32. The van der Waals surface area contributed by atoms with Gasteiger partial charge in [0.05, 0.1) is 23.4 Å². The Hall–Kier alpha value is -1.59. The normalized spacial score (nSPS) is 11.5. The number of thiazole rings is 1. The summed E-state index contributed by atoms with van der Waals surface area (Å²) in [5.74, 6) is -0.400. The fraction of sp³-hybridized carbons (Fsp3) is 0.333. The first kappa shape index (κ1) is 15.8. The van der Waals surface area contributed by atoms with Gasteiger partial charge >= 0.3 is 5.97 Å². The highest BCUT2D eigenvalue weighted by atomic mass is 35.5. The number of nitrogens with zero attached hydrogens (tertiary/aromatic N) is 1. The van der Waals surface area contributed by atoms with E-state index < -0.39 is 5.97 Å². The lowest BCUT2D eigenvalue weighted by Crippen LogP contribution is -2.16. The van der Waals surface area contributed by atoms with E-state index in [4.69, 9.17) is 16.3 Å². The van der Waals surface area contributed by atoms with Gasteiger partial charge < -0.3 is 9.84 Å². The Morgan fingerprint density at radius 2 is 2.05 bits per heavy atom. The lowest BCUT2D eigenvalue weighted by Gasteiger charge is -2.16. The number of ether oxygens (including phenoxy) is 1. The largest absolute Gasteiger partial charge is 0.496 e. The van der Waals surface area contributed by atoms with Gasteiger partial charge in [-0.1, -0.05) is 38.4 Å². The zero-order valence-corrected chi connectivity index (χ0v) is 13.8. The van der Waals surface area contributed by atoms with Crippen LogP contribution in [-0.2, 0) is 5.41 Å². The Balaban J connectivity index is 2.70. The highest BCUT2D eigenvalue weighted by Gasteiger charge is 2.28. The number of aromatic carboxylic acids is 1. The summed E-state index contributed by atoms with van der Waals surface area (Å²) in [7, 11) is 1.55. The van der Waals surface area contributed by atoms with E-state index in [-0.39, 0.29) is 10.3 Å². The summed E-state index contributed by atoms with van der Waals surface area (Å²) in [5, 5.41) is 10.4. The van der Waals surface area contributed by atoms with Crippen molar-refractivity contribution in [3.05, 3.63) is 33.8 Å². The Labute approximate surface area is 132 Å². The van der Waals surface area contributed by atoms with Crippen molar-refractivity contribution in [1.29, 1.82) is 0 Å². The molecule has 0 fully saturated rings. The zero-order valence-electron chi connectivity index (χ0n) is 12.2. The number of carboxylic acids is 1. The molecular formula is C15H16ClNO3S. The summed E-state index contributed by atoms with van der Waals surface area (Å²) < 4.78 is 5.31. The van der Waals surface area contributed by atoms with E-state index >= 15 is 0 Å². The lowest BCUT2D eigenvalue weighted by atomic mass is 9.91. The second-order valence-electron chi connectivity index (χ2n) is 5.57. The van der Waals surface area contributed by atoms with Crippen LogP contribution in [0.2, 0.25) is 5.02 Å². The van der Waals surface area contributed by atoms with Crippen LogP contribution in [0, 0.1) is 0 Å². The minimum Gasteiger partial charge on any atom is -0.496 e. The van der Waals surface area contributed by atoms with E-state index in [1.54, 1.807) is 25.3 Å². The summed E-state index contributed by atoms with van der Waals surface area (Å²) in [5.41, 5.74) is 0.818. The van der Waals surface area contributed by atoms with Crippen molar-refractivity contribution in [1.82, 2.24) is 4.98 Å². The first-order chi connectivity index (χ1) is 9.75. The van der Waals surface area contributed by atoms with Crippen LogP contribution in [0.3, 0.4) is 0 Å². The number of rotatable bonds is 3. The fourth-order valence-electron chi connectivity index (χ4n) is 1.96. The number of aromatic nitrogens is 1. The molecule has 112 valence electrons. The SMILES string of the molecule is COc1cccc(Cl)c1-c1nc(C(C)(C)C)c(C(=O)O)s1. The molecule has 0 radical (unpaired) electrons. The first-order valence-corrected chi connectivity index (χ1v) is 7.52. The number of hydrogen-bond acceptors (Lipinski definition) is 4. The molecule has 2 aromatic rings. The monoisotopic (exact) mass is 325 g/mol. The van der Waals surface area contributed by atoms with Crippen LogP contribution < -0.4 is 4.74 Å². The van der Waals surface area contributed by atoms with Gasteiger partial charge in [0.2, 0.25) is 0 Å². The van der Waals surface area contributed by atoms with E-state index in [9.17, 15) is 9.90 Å². The summed E-state index contributed by atoms with van der Waals surface area (Å²) >= 11 is 7.35. The number of hydrogen-bond donors (Lipinski definition) is 1. The van der Waals surface area contributed by atoms with Crippen molar-refractivity contribution in [2.75, 3.05) is 7.11 Å².